The van der Waals surface area contributed by atoms with E-state index in [0.29, 0.717) is 5.56 Å². The van der Waals surface area contributed by atoms with Crippen LogP contribution in [0.2, 0.25) is 0 Å². The first-order chi connectivity index (χ1) is 9.47. The van der Waals surface area contributed by atoms with Crippen molar-refractivity contribution in [1.82, 2.24) is 4.90 Å². The highest BCUT2D eigenvalue weighted by Gasteiger charge is 2.37. The van der Waals surface area contributed by atoms with E-state index in [1.807, 2.05) is 0 Å². The van der Waals surface area contributed by atoms with Gasteiger partial charge < -0.3 is 20.2 Å². The zero-order valence-electron chi connectivity index (χ0n) is 10.6. The van der Waals surface area contributed by atoms with Crippen molar-refractivity contribution < 1.29 is 24.9 Å². The molecule has 1 amide bonds. The van der Waals surface area contributed by atoms with Crippen LogP contribution >= 0.6 is 0 Å². The lowest BCUT2D eigenvalue weighted by atomic mass is 10.2. The van der Waals surface area contributed by atoms with E-state index >= 15 is 0 Å². The second-order valence-corrected chi connectivity index (χ2v) is 4.66. The lowest BCUT2D eigenvalue weighted by molar-refractivity contribution is -0.146. The molecular formula is C14H15NO5. The minimum atomic E-state index is -1.12. The zero-order valence-corrected chi connectivity index (χ0v) is 10.6. The minimum absolute atomic E-state index is 0.0235. The summed E-state index contributed by atoms with van der Waals surface area (Å²) in [5, 5.41) is 27.6. The lowest BCUT2D eigenvalue weighted by Gasteiger charge is -2.19. The monoisotopic (exact) mass is 277 g/mol. The minimum Gasteiger partial charge on any atom is -0.508 e. The van der Waals surface area contributed by atoms with Gasteiger partial charge in [0.25, 0.3) is 0 Å². The summed E-state index contributed by atoms with van der Waals surface area (Å²) >= 11 is 0. The summed E-state index contributed by atoms with van der Waals surface area (Å²) in [5.74, 6) is -1.45. The molecule has 1 aromatic carbocycles. The second-order valence-electron chi connectivity index (χ2n) is 4.66. The van der Waals surface area contributed by atoms with Gasteiger partial charge in [-0.05, 0) is 23.8 Å². The highest BCUT2D eigenvalue weighted by molar-refractivity contribution is 5.94. The molecule has 1 fully saturated rings. The van der Waals surface area contributed by atoms with Crippen molar-refractivity contribution in [2.24, 2.45) is 0 Å². The number of aliphatic carboxylic acids is 1. The molecule has 0 radical (unpaired) electrons. The van der Waals surface area contributed by atoms with Crippen molar-refractivity contribution in [3.8, 4) is 5.75 Å². The van der Waals surface area contributed by atoms with Crippen LogP contribution in [0.4, 0.5) is 0 Å². The van der Waals surface area contributed by atoms with Gasteiger partial charge >= 0.3 is 5.97 Å². The van der Waals surface area contributed by atoms with Gasteiger partial charge in [-0.3, -0.25) is 4.79 Å². The average molecular weight is 277 g/mol. The number of nitrogens with zero attached hydrogens (tertiary/aromatic N) is 1. The Morgan fingerprint density at radius 3 is 2.50 bits per heavy atom. The Balaban J connectivity index is 2.07. The Bertz CT molecular complexity index is 537. The van der Waals surface area contributed by atoms with Crippen LogP contribution in [-0.2, 0) is 9.59 Å². The summed E-state index contributed by atoms with van der Waals surface area (Å²) in [6.45, 7) is 0.0235. The van der Waals surface area contributed by atoms with E-state index in [1.54, 1.807) is 12.1 Å². The third kappa shape index (κ3) is 3.16. The number of amides is 1. The molecule has 0 saturated carbocycles. The number of β-amino-alcohol motifs (C(OH)–C–C–N with tert-alkyl or cyclic N) is 1. The quantitative estimate of drug-likeness (QED) is 0.697. The number of phenolic OH excluding ortho intramolecular Hbond substituents is 1. The highest BCUT2D eigenvalue weighted by Crippen LogP contribution is 2.19. The summed E-state index contributed by atoms with van der Waals surface area (Å²) < 4.78 is 0. The van der Waals surface area contributed by atoms with Gasteiger partial charge in [0.15, 0.2) is 0 Å². The summed E-state index contributed by atoms with van der Waals surface area (Å²) in [5.41, 5.74) is 0.711. The number of aliphatic hydroxyl groups excluding tert-OH is 1. The number of hydrogen-bond donors (Lipinski definition) is 3. The Morgan fingerprint density at radius 2 is 1.90 bits per heavy atom. The first-order valence-electron chi connectivity index (χ1n) is 6.16. The van der Waals surface area contributed by atoms with Crippen LogP contribution in [0.15, 0.2) is 30.3 Å². The second kappa shape index (κ2) is 5.75. The van der Waals surface area contributed by atoms with E-state index in [2.05, 4.69) is 0 Å². The van der Waals surface area contributed by atoms with Crippen LogP contribution in [0.3, 0.4) is 0 Å². The van der Waals surface area contributed by atoms with Crippen LogP contribution in [0.1, 0.15) is 12.0 Å². The maximum Gasteiger partial charge on any atom is 0.326 e. The Morgan fingerprint density at radius 1 is 1.25 bits per heavy atom. The molecule has 2 rings (SSSR count). The first-order valence-corrected chi connectivity index (χ1v) is 6.16. The van der Waals surface area contributed by atoms with Crippen LogP contribution < -0.4 is 0 Å². The number of hydrogen-bond acceptors (Lipinski definition) is 4. The van der Waals surface area contributed by atoms with Crippen LogP contribution in [0.25, 0.3) is 6.08 Å². The number of rotatable bonds is 3. The molecule has 0 spiro atoms. The molecule has 106 valence electrons. The molecule has 0 unspecified atom stereocenters. The van der Waals surface area contributed by atoms with Crippen LogP contribution in [0, 0.1) is 0 Å². The summed E-state index contributed by atoms with van der Waals surface area (Å²) in [6.07, 6.45) is 2.04. The molecule has 1 aliphatic rings. The van der Waals surface area contributed by atoms with Gasteiger partial charge in [-0.1, -0.05) is 12.1 Å². The van der Waals surface area contributed by atoms with Crippen molar-refractivity contribution in [3.63, 3.8) is 0 Å². The predicted octanol–water partition coefficient (Wildman–Crippen LogP) is 0.452. The fraction of sp³-hybridized carbons (Fsp3) is 0.286. The number of carbonyl (C=O) groups excluding carboxylic acids is 1. The summed E-state index contributed by atoms with van der Waals surface area (Å²) in [7, 11) is 0. The average Bonchev–Trinajstić information content (AvgIpc) is 2.80. The van der Waals surface area contributed by atoms with E-state index < -0.39 is 24.0 Å². The first kappa shape index (κ1) is 14.1. The molecule has 1 aliphatic heterocycles. The number of likely N-dealkylation sites (tertiary alicyclic amines) is 1. The SMILES string of the molecule is O=C(O)[C@@H]1C[C@@H](O)CN1C(=O)C=Cc1ccc(O)cc1. The van der Waals surface area contributed by atoms with Crippen LogP contribution in [0.5, 0.6) is 5.75 Å². The Kier molecular flexibility index (Phi) is 4.05. The van der Waals surface area contributed by atoms with Crippen molar-refractivity contribution in [2.75, 3.05) is 6.54 Å². The van der Waals surface area contributed by atoms with E-state index in [0.717, 1.165) is 4.90 Å². The van der Waals surface area contributed by atoms with Gasteiger partial charge in [0.05, 0.1) is 6.10 Å². The molecule has 0 bridgehead atoms. The van der Waals surface area contributed by atoms with E-state index in [9.17, 15) is 14.7 Å². The molecule has 1 aromatic rings. The zero-order chi connectivity index (χ0) is 14.7. The largest absolute Gasteiger partial charge is 0.508 e. The topological polar surface area (TPSA) is 98.1 Å². The van der Waals surface area contributed by atoms with Gasteiger partial charge in [0, 0.05) is 19.0 Å². The van der Waals surface area contributed by atoms with E-state index in [-0.39, 0.29) is 18.7 Å². The van der Waals surface area contributed by atoms with Crippen molar-refractivity contribution in [1.29, 1.82) is 0 Å². The molecule has 0 aliphatic carbocycles. The number of aromatic hydroxyl groups is 1. The summed E-state index contributed by atoms with van der Waals surface area (Å²) in [6, 6.07) is 5.26. The predicted molar refractivity (Wildman–Crippen MR) is 70.9 cm³/mol. The number of benzene rings is 1. The van der Waals surface area contributed by atoms with Crippen molar-refractivity contribution in [3.05, 3.63) is 35.9 Å². The molecule has 1 heterocycles. The number of phenols is 1. The van der Waals surface area contributed by atoms with E-state index in [1.165, 1.54) is 24.3 Å². The van der Waals surface area contributed by atoms with Gasteiger partial charge in [0.2, 0.25) is 5.91 Å². The highest BCUT2D eigenvalue weighted by atomic mass is 16.4. The maximum absolute atomic E-state index is 12.0. The van der Waals surface area contributed by atoms with E-state index in [4.69, 9.17) is 10.2 Å². The smallest absolute Gasteiger partial charge is 0.326 e. The normalized spacial score (nSPS) is 22.4. The molecule has 20 heavy (non-hydrogen) atoms. The number of carboxylic acids is 1. The van der Waals surface area contributed by atoms with Gasteiger partial charge in [-0.25, -0.2) is 4.79 Å². The molecule has 6 nitrogen and oxygen atoms in total. The molecule has 1 saturated heterocycles. The third-order valence-electron chi connectivity index (χ3n) is 3.16. The molecular weight excluding hydrogens is 262 g/mol. The standard InChI is InChI=1S/C14H15NO5/c16-10-4-1-9(2-5-10)3-6-13(18)15-8-11(17)7-12(15)14(19)20/h1-6,11-12,16-17H,7-8H2,(H,19,20)/t11-,12+/m1/s1. The number of carbonyl (C=O) groups is 2. The Labute approximate surface area is 115 Å². The number of carboxylic acid groups (broad SMARTS) is 1. The van der Waals surface area contributed by atoms with Crippen LogP contribution in [-0.4, -0.2) is 50.8 Å². The summed E-state index contributed by atoms with van der Waals surface area (Å²) in [4.78, 5) is 24.1. The maximum atomic E-state index is 12.0. The molecule has 2 atom stereocenters. The van der Waals surface area contributed by atoms with Gasteiger partial charge in [0.1, 0.15) is 11.8 Å². The van der Waals surface area contributed by atoms with Crippen molar-refractivity contribution >= 4 is 18.0 Å². The molecule has 3 N–H and O–H groups in total. The van der Waals surface area contributed by atoms with Gasteiger partial charge in [-0.2, -0.15) is 0 Å². The molecule has 0 aromatic heterocycles. The number of aliphatic hydroxyl groups is 1. The Hall–Kier alpha value is -2.34. The van der Waals surface area contributed by atoms with Crippen molar-refractivity contribution in [2.45, 2.75) is 18.6 Å². The fourth-order valence-corrected chi connectivity index (χ4v) is 2.14. The van der Waals surface area contributed by atoms with Gasteiger partial charge in [-0.15, -0.1) is 0 Å². The lowest BCUT2D eigenvalue weighted by Crippen LogP contribution is -2.39. The fourth-order valence-electron chi connectivity index (χ4n) is 2.14. The molecule has 6 heteroatoms. The third-order valence-corrected chi connectivity index (χ3v) is 3.16.